The Morgan fingerprint density at radius 3 is 2.59 bits per heavy atom. The van der Waals surface area contributed by atoms with Gasteiger partial charge in [-0.25, -0.2) is 4.79 Å². The Bertz CT molecular complexity index is 1320. The van der Waals surface area contributed by atoms with Crippen LogP contribution in [0.4, 0.5) is 13.2 Å². The molecule has 5 rings (SSSR count). The Hall–Kier alpha value is -3.25. The molecule has 2 N–H and O–H groups in total. The minimum absolute atomic E-state index is 0.0402. The molecule has 2 unspecified atom stereocenters. The average Bonchev–Trinajstić information content (AvgIpc) is 3.46. The highest BCUT2D eigenvalue weighted by atomic mass is 32.2. The summed E-state index contributed by atoms with van der Waals surface area (Å²) in [5, 5.41) is 7.82. The predicted molar refractivity (Wildman–Crippen MR) is 133 cm³/mol. The SMILES string of the molecule is COc1cc(OCC2SC(c3ccc(C(F)(F)F)cc3)=NC2CNCC2CC2)ccc1-c1noc(=O)[nH]1. The summed E-state index contributed by atoms with van der Waals surface area (Å²) in [6.45, 7) is 1.92. The van der Waals surface area contributed by atoms with Crippen LogP contribution in [0.5, 0.6) is 11.5 Å². The Balaban J connectivity index is 1.28. The first-order valence-corrected chi connectivity index (χ1v) is 12.7. The van der Waals surface area contributed by atoms with Crippen LogP contribution in [0.1, 0.15) is 24.0 Å². The normalized spacial score (nSPS) is 19.6. The lowest BCUT2D eigenvalue weighted by atomic mass is 10.1. The van der Waals surface area contributed by atoms with Gasteiger partial charge in [-0.1, -0.05) is 29.1 Å². The molecule has 2 atom stereocenters. The molecule has 0 bridgehead atoms. The minimum atomic E-state index is -4.38. The Labute approximate surface area is 214 Å². The second-order valence-corrected chi connectivity index (χ2v) is 10.2. The Morgan fingerprint density at radius 1 is 1.16 bits per heavy atom. The zero-order chi connectivity index (χ0) is 26.0. The van der Waals surface area contributed by atoms with Crippen molar-refractivity contribution in [2.45, 2.75) is 30.3 Å². The van der Waals surface area contributed by atoms with Crippen molar-refractivity contribution in [3.63, 3.8) is 0 Å². The van der Waals surface area contributed by atoms with Crippen LogP contribution in [0.15, 0.2) is 56.8 Å². The fraction of sp³-hybridized carbons (Fsp3) is 0.400. The second kappa shape index (κ2) is 10.6. The van der Waals surface area contributed by atoms with Crippen molar-refractivity contribution in [1.29, 1.82) is 0 Å². The van der Waals surface area contributed by atoms with Gasteiger partial charge in [-0.3, -0.25) is 14.5 Å². The van der Waals surface area contributed by atoms with Crippen LogP contribution in [0.2, 0.25) is 0 Å². The van der Waals surface area contributed by atoms with Crippen LogP contribution in [0.3, 0.4) is 0 Å². The molecule has 2 heterocycles. The largest absolute Gasteiger partial charge is 0.496 e. The number of alkyl halides is 3. The van der Waals surface area contributed by atoms with Crippen LogP contribution in [-0.2, 0) is 6.18 Å². The summed E-state index contributed by atoms with van der Waals surface area (Å²) in [7, 11) is 1.50. The summed E-state index contributed by atoms with van der Waals surface area (Å²) < 4.78 is 55.0. The number of aromatic amines is 1. The monoisotopic (exact) mass is 534 g/mol. The van der Waals surface area contributed by atoms with Gasteiger partial charge in [0.05, 0.1) is 34.6 Å². The zero-order valence-electron chi connectivity index (χ0n) is 19.9. The highest BCUT2D eigenvalue weighted by molar-refractivity contribution is 8.15. The molecule has 3 aromatic rings. The number of ether oxygens (including phenoxy) is 2. The first-order chi connectivity index (χ1) is 17.8. The molecule has 8 nitrogen and oxygen atoms in total. The number of aromatic nitrogens is 2. The van der Waals surface area contributed by atoms with Crippen LogP contribution in [0.25, 0.3) is 11.4 Å². The fourth-order valence-electron chi connectivity index (χ4n) is 3.99. The smallest absolute Gasteiger partial charge is 0.439 e. The van der Waals surface area contributed by atoms with E-state index in [-0.39, 0.29) is 17.1 Å². The van der Waals surface area contributed by atoms with Crippen LogP contribution in [-0.4, -0.2) is 53.3 Å². The van der Waals surface area contributed by atoms with E-state index in [2.05, 4.69) is 20.0 Å². The number of benzene rings is 2. The van der Waals surface area contributed by atoms with Crippen molar-refractivity contribution in [1.82, 2.24) is 15.5 Å². The van der Waals surface area contributed by atoms with Crippen molar-refractivity contribution >= 4 is 16.8 Å². The van der Waals surface area contributed by atoms with Crippen LogP contribution >= 0.6 is 11.8 Å². The highest BCUT2D eigenvalue weighted by Gasteiger charge is 2.33. The number of hydrogen-bond acceptors (Lipinski definition) is 8. The third-order valence-corrected chi connectivity index (χ3v) is 7.52. The van der Waals surface area contributed by atoms with E-state index in [0.717, 1.165) is 18.7 Å². The molecule has 1 aliphatic heterocycles. The molecule has 1 aliphatic carbocycles. The molecular formula is C25H25F3N4O4S. The average molecular weight is 535 g/mol. The van der Waals surface area contributed by atoms with E-state index < -0.39 is 17.5 Å². The molecule has 2 aromatic carbocycles. The maximum Gasteiger partial charge on any atom is 0.439 e. The van der Waals surface area contributed by atoms with Gasteiger partial charge in [-0.05, 0) is 49.6 Å². The number of methoxy groups -OCH3 is 1. The third-order valence-electron chi connectivity index (χ3n) is 6.20. The number of rotatable bonds is 10. The summed E-state index contributed by atoms with van der Waals surface area (Å²) >= 11 is 1.50. The molecule has 37 heavy (non-hydrogen) atoms. The van der Waals surface area contributed by atoms with E-state index in [1.807, 2.05) is 0 Å². The molecule has 0 saturated heterocycles. The Morgan fingerprint density at radius 2 is 1.95 bits per heavy atom. The van der Waals surface area contributed by atoms with Gasteiger partial charge < -0.3 is 14.8 Å². The number of nitrogens with one attached hydrogen (secondary N) is 2. The standard InChI is InChI=1S/C25H25F3N4O4S/c1-34-20-10-17(8-9-18(20)22-31-24(33)36-32-22)35-13-21-19(12-29-11-14-2-3-14)30-23(37-21)15-4-6-16(7-5-15)25(26,27)28/h4-10,14,19,21,29H,2-3,11-13H2,1H3,(H,31,32,33). The van der Waals surface area contributed by atoms with Gasteiger partial charge in [0.2, 0.25) is 0 Å². The number of nitrogens with zero attached hydrogens (tertiary/aromatic N) is 2. The van der Waals surface area contributed by atoms with Gasteiger partial charge in [-0.15, -0.1) is 0 Å². The van der Waals surface area contributed by atoms with Crippen molar-refractivity contribution < 1.29 is 27.2 Å². The lowest BCUT2D eigenvalue weighted by Gasteiger charge is -2.19. The zero-order valence-corrected chi connectivity index (χ0v) is 20.7. The van der Waals surface area contributed by atoms with Gasteiger partial charge in [0.15, 0.2) is 5.82 Å². The topological polar surface area (TPSA) is 102 Å². The third kappa shape index (κ3) is 6.19. The first-order valence-electron chi connectivity index (χ1n) is 11.8. The van der Waals surface area contributed by atoms with Gasteiger partial charge in [0, 0.05) is 18.2 Å². The lowest BCUT2D eigenvalue weighted by molar-refractivity contribution is -0.137. The summed E-state index contributed by atoms with van der Waals surface area (Å²) in [5.41, 5.74) is 0.515. The highest BCUT2D eigenvalue weighted by Crippen LogP contribution is 2.35. The second-order valence-electron chi connectivity index (χ2n) is 8.95. The molecular weight excluding hydrogens is 509 g/mol. The van der Waals surface area contributed by atoms with E-state index in [1.54, 1.807) is 18.2 Å². The molecule has 12 heteroatoms. The lowest BCUT2D eigenvalue weighted by Crippen LogP contribution is -2.35. The number of hydrogen-bond donors (Lipinski definition) is 2. The number of halogens is 3. The predicted octanol–water partition coefficient (Wildman–Crippen LogP) is 4.37. The number of thioether (sulfide) groups is 1. The molecule has 2 aliphatic rings. The summed E-state index contributed by atoms with van der Waals surface area (Å²) in [6, 6.07) is 10.1. The number of H-pyrrole nitrogens is 1. The van der Waals surface area contributed by atoms with Gasteiger partial charge in [0.1, 0.15) is 18.1 Å². The van der Waals surface area contributed by atoms with Gasteiger partial charge in [0.25, 0.3) is 0 Å². The van der Waals surface area contributed by atoms with E-state index >= 15 is 0 Å². The van der Waals surface area contributed by atoms with Crippen LogP contribution < -0.4 is 20.5 Å². The van der Waals surface area contributed by atoms with Gasteiger partial charge >= 0.3 is 11.9 Å². The molecule has 0 spiro atoms. The molecule has 0 amide bonds. The minimum Gasteiger partial charge on any atom is -0.496 e. The van der Waals surface area contributed by atoms with E-state index in [4.69, 9.17) is 14.5 Å². The van der Waals surface area contributed by atoms with Crippen molar-refractivity contribution in [3.8, 4) is 22.9 Å². The fourth-order valence-corrected chi connectivity index (χ4v) is 5.20. The molecule has 1 fully saturated rings. The molecule has 1 aromatic heterocycles. The van der Waals surface area contributed by atoms with E-state index in [0.29, 0.717) is 46.7 Å². The molecule has 196 valence electrons. The summed E-state index contributed by atoms with van der Waals surface area (Å²) in [4.78, 5) is 18.6. The first kappa shape index (κ1) is 25.4. The maximum atomic E-state index is 13.0. The Kier molecular flexibility index (Phi) is 7.29. The molecule has 0 radical (unpaired) electrons. The van der Waals surface area contributed by atoms with Crippen molar-refractivity contribution in [2.75, 3.05) is 26.8 Å². The van der Waals surface area contributed by atoms with Crippen molar-refractivity contribution in [2.24, 2.45) is 10.9 Å². The quantitative estimate of drug-likeness (QED) is 0.398. The van der Waals surface area contributed by atoms with E-state index in [9.17, 15) is 18.0 Å². The summed E-state index contributed by atoms with van der Waals surface area (Å²) in [6.07, 6.45) is -1.91. The summed E-state index contributed by atoms with van der Waals surface area (Å²) in [5.74, 6) is 1.30. The number of aliphatic imine (C=N–C) groups is 1. The maximum absolute atomic E-state index is 13.0. The van der Waals surface area contributed by atoms with Crippen LogP contribution in [0, 0.1) is 5.92 Å². The van der Waals surface area contributed by atoms with E-state index in [1.165, 1.54) is 43.8 Å². The van der Waals surface area contributed by atoms with Gasteiger partial charge in [-0.2, -0.15) is 13.2 Å². The van der Waals surface area contributed by atoms with Crippen molar-refractivity contribution in [3.05, 3.63) is 64.1 Å². The molecule has 1 saturated carbocycles.